The fourth-order valence-corrected chi connectivity index (χ4v) is 1.67. The summed E-state index contributed by atoms with van der Waals surface area (Å²) in [4.78, 5) is 34.3. The van der Waals surface area contributed by atoms with Crippen molar-refractivity contribution < 1.29 is 14.4 Å². The number of hydrogen-bond donors (Lipinski definition) is 2. The van der Waals surface area contributed by atoms with E-state index in [9.17, 15) is 14.4 Å². The molecule has 0 radical (unpaired) electrons. The zero-order valence-corrected chi connectivity index (χ0v) is 11.5. The third kappa shape index (κ3) is 4.13. The average Bonchev–Trinajstić information content (AvgIpc) is 2.20. The zero-order chi connectivity index (χ0) is 13.9. The SMILES string of the molecule is CC(CC(=O)NC1CCC(=O)NC1=O)C(C)(C)C. The lowest BCUT2D eigenvalue weighted by atomic mass is 9.80. The van der Waals surface area contributed by atoms with E-state index in [0.717, 1.165) is 0 Å². The molecule has 0 aliphatic carbocycles. The van der Waals surface area contributed by atoms with Crippen molar-refractivity contribution >= 4 is 17.7 Å². The first-order valence-electron chi connectivity index (χ1n) is 6.33. The van der Waals surface area contributed by atoms with Gasteiger partial charge in [0.05, 0.1) is 0 Å². The van der Waals surface area contributed by atoms with E-state index in [1.807, 2.05) is 6.92 Å². The maximum atomic E-state index is 11.8. The molecule has 18 heavy (non-hydrogen) atoms. The van der Waals surface area contributed by atoms with E-state index in [0.29, 0.717) is 12.8 Å². The maximum absolute atomic E-state index is 11.8. The van der Waals surface area contributed by atoms with E-state index in [1.54, 1.807) is 0 Å². The highest BCUT2D eigenvalue weighted by atomic mass is 16.2. The average molecular weight is 254 g/mol. The molecule has 0 aromatic heterocycles. The van der Waals surface area contributed by atoms with Gasteiger partial charge in [0.15, 0.2) is 0 Å². The molecule has 1 rings (SSSR count). The van der Waals surface area contributed by atoms with Gasteiger partial charge in [-0.1, -0.05) is 27.7 Å². The normalized spacial score (nSPS) is 22.3. The predicted octanol–water partition coefficient (Wildman–Crippen LogP) is 0.980. The number of amides is 3. The number of hydrogen-bond acceptors (Lipinski definition) is 3. The summed E-state index contributed by atoms with van der Waals surface area (Å²) in [7, 11) is 0. The minimum atomic E-state index is -0.567. The van der Waals surface area contributed by atoms with E-state index < -0.39 is 11.9 Å². The summed E-state index contributed by atoms with van der Waals surface area (Å²) in [5.41, 5.74) is 0.0577. The Bertz CT molecular complexity index is 358. The van der Waals surface area contributed by atoms with E-state index >= 15 is 0 Å². The van der Waals surface area contributed by atoms with Crippen LogP contribution in [-0.2, 0) is 14.4 Å². The Morgan fingerprint density at radius 2 is 2.06 bits per heavy atom. The van der Waals surface area contributed by atoms with Crippen molar-refractivity contribution in [2.24, 2.45) is 11.3 Å². The van der Waals surface area contributed by atoms with Gasteiger partial charge in [-0.2, -0.15) is 0 Å². The first kappa shape index (κ1) is 14.7. The molecular formula is C13H22N2O3. The van der Waals surface area contributed by atoms with E-state index in [-0.39, 0.29) is 29.6 Å². The standard InChI is InChI=1S/C13H22N2O3/c1-8(13(2,3)4)7-11(17)14-9-5-6-10(16)15-12(9)18/h8-9H,5-7H2,1-4H3,(H,14,17)(H,15,16,18). The number of carbonyl (C=O) groups is 3. The third-order valence-corrected chi connectivity index (χ3v) is 3.54. The Morgan fingerprint density at radius 1 is 1.44 bits per heavy atom. The highest BCUT2D eigenvalue weighted by Gasteiger charge is 2.29. The van der Waals surface area contributed by atoms with Gasteiger partial charge >= 0.3 is 0 Å². The topological polar surface area (TPSA) is 75.3 Å². The number of carbonyl (C=O) groups excluding carboxylic acids is 3. The Kier molecular flexibility index (Phi) is 4.48. The minimum absolute atomic E-state index is 0.0577. The van der Waals surface area contributed by atoms with Crippen molar-refractivity contribution in [1.29, 1.82) is 0 Å². The van der Waals surface area contributed by atoms with Crippen LogP contribution in [0.4, 0.5) is 0 Å². The Balaban J connectivity index is 2.46. The van der Waals surface area contributed by atoms with Crippen molar-refractivity contribution in [2.75, 3.05) is 0 Å². The maximum Gasteiger partial charge on any atom is 0.249 e. The predicted molar refractivity (Wildman–Crippen MR) is 67.6 cm³/mol. The van der Waals surface area contributed by atoms with Crippen molar-refractivity contribution in [1.82, 2.24) is 10.6 Å². The lowest BCUT2D eigenvalue weighted by molar-refractivity contribution is -0.137. The summed E-state index contributed by atoms with van der Waals surface area (Å²) in [5.74, 6) is -0.575. The largest absolute Gasteiger partial charge is 0.344 e. The highest BCUT2D eigenvalue weighted by Crippen LogP contribution is 2.27. The molecule has 0 aromatic carbocycles. The lowest BCUT2D eigenvalue weighted by Crippen LogP contribution is -2.52. The van der Waals surface area contributed by atoms with Crippen LogP contribution >= 0.6 is 0 Å². The molecule has 0 saturated carbocycles. The van der Waals surface area contributed by atoms with E-state index in [1.165, 1.54) is 0 Å². The molecule has 5 nitrogen and oxygen atoms in total. The molecule has 0 spiro atoms. The highest BCUT2D eigenvalue weighted by molar-refractivity contribution is 6.01. The summed E-state index contributed by atoms with van der Waals surface area (Å²) >= 11 is 0. The van der Waals surface area contributed by atoms with Crippen LogP contribution in [0.15, 0.2) is 0 Å². The molecule has 1 aliphatic heterocycles. The number of piperidine rings is 1. The van der Waals surface area contributed by atoms with Crippen LogP contribution in [-0.4, -0.2) is 23.8 Å². The molecule has 2 N–H and O–H groups in total. The van der Waals surface area contributed by atoms with Gasteiger partial charge in [-0.3, -0.25) is 19.7 Å². The third-order valence-electron chi connectivity index (χ3n) is 3.54. The van der Waals surface area contributed by atoms with Crippen molar-refractivity contribution in [2.45, 2.75) is 53.0 Å². The molecule has 5 heteroatoms. The quantitative estimate of drug-likeness (QED) is 0.737. The monoisotopic (exact) mass is 254 g/mol. The lowest BCUT2D eigenvalue weighted by Gasteiger charge is -2.28. The van der Waals surface area contributed by atoms with Crippen LogP contribution in [0.1, 0.15) is 47.0 Å². The zero-order valence-electron chi connectivity index (χ0n) is 11.5. The van der Waals surface area contributed by atoms with Crippen LogP contribution in [0.25, 0.3) is 0 Å². The van der Waals surface area contributed by atoms with Crippen LogP contribution in [0.3, 0.4) is 0 Å². The molecule has 1 fully saturated rings. The van der Waals surface area contributed by atoms with Gasteiger partial charge in [-0.25, -0.2) is 0 Å². The Hall–Kier alpha value is -1.39. The van der Waals surface area contributed by atoms with Gasteiger partial charge in [0.2, 0.25) is 17.7 Å². The molecule has 3 amide bonds. The van der Waals surface area contributed by atoms with Crippen molar-refractivity contribution in [3.8, 4) is 0 Å². The summed E-state index contributed by atoms with van der Waals surface area (Å²) in [6, 6.07) is -0.567. The van der Waals surface area contributed by atoms with Gasteiger partial charge in [-0.05, 0) is 17.8 Å². The molecule has 2 unspecified atom stereocenters. The van der Waals surface area contributed by atoms with Crippen molar-refractivity contribution in [3.05, 3.63) is 0 Å². The second-order valence-corrected chi connectivity index (χ2v) is 6.04. The fourth-order valence-electron chi connectivity index (χ4n) is 1.67. The minimum Gasteiger partial charge on any atom is -0.344 e. The molecule has 1 saturated heterocycles. The molecule has 0 aromatic rings. The van der Waals surface area contributed by atoms with Gasteiger partial charge in [-0.15, -0.1) is 0 Å². The number of rotatable bonds is 3. The van der Waals surface area contributed by atoms with Gasteiger partial charge in [0, 0.05) is 12.8 Å². The van der Waals surface area contributed by atoms with Crippen molar-refractivity contribution in [3.63, 3.8) is 0 Å². The summed E-state index contributed by atoms with van der Waals surface area (Å²) in [6.45, 7) is 8.26. The van der Waals surface area contributed by atoms with Crippen LogP contribution < -0.4 is 10.6 Å². The molecule has 102 valence electrons. The Morgan fingerprint density at radius 3 is 2.56 bits per heavy atom. The van der Waals surface area contributed by atoms with E-state index in [4.69, 9.17) is 0 Å². The molecule has 1 heterocycles. The first-order valence-corrected chi connectivity index (χ1v) is 6.33. The van der Waals surface area contributed by atoms with Crippen LogP contribution in [0, 0.1) is 11.3 Å². The van der Waals surface area contributed by atoms with Gasteiger partial charge in [0.1, 0.15) is 6.04 Å². The number of imide groups is 1. The number of nitrogens with one attached hydrogen (secondary N) is 2. The molecule has 1 aliphatic rings. The van der Waals surface area contributed by atoms with Gasteiger partial charge < -0.3 is 5.32 Å². The molecule has 2 atom stereocenters. The second kappa shape index (κ2) is 5.50. The fraction of sp³-hybridized carbons (Fsp3) is 0.769. The van der Waals surface area contributed by atoms with Crippen LogP contribution in [0.2, 0.25) is 0 Å². The molecule has 0 bridgehead atoms. The van der Waals surface area contributed by atoms with Crippen LogP contribution in [0.5, 0.6) is 0 Å². The second-order valence-electron chi connectivity index (χ2n) is 6.04. The smallest absolute Gasteiger partial charge is 0.249 e. The Labute approximate surface area is 108 Å². The van der Waals surface area contributed by atoms with Gasteiger partial charge in [0.25, 0.3) is 0 Å². The molecular weight excluding hydrogens is 232 g/mol. The van der Waals surface area contributed by atoms with E-state index in [2.05, 4.69) is 31.4 Å². The summed E-state index contributed by atoms with van der Waals surface area (Å²) in [6.07, 6.45) is 1.06. The summed E-state index contributed by atoms with van der Waals surface area (Å²) in [5, 5.41) is 4.91. The summed E-state index contributed by atoms with van der Waals surface area (Å²) < 4.78 is 0. The first-order chi connectivity index (χ1) is 8.20.